The molecule has 7 aromatic rings. The summed E-state index contributed by atoms with van der Waals surface area (Å²) in [5, 5.41) is 7.23. The first-order valence-electron chi connectivity index (χ1n) is 18.3. The predicted molar refractivity (Wildman–Crippen MR) is 224 cm³/mol. The number of pyridine rings is 1. The summed E-state index contributed by atoms with van der Waals surface area (Å²) in [6.07, 6.45) is 1.93. The number of anilines is 5. The summed E-state index contributed by atoms with van der Waals surface area (Å²) in [5.41, 5.74) is 14.3. The minimum absolute atomic E-state index is 0.0574. The number of benzene rings is 5. The van der Waals surface area contributed by atoms with Crippen molar-refractivity contribution >= 4 is 50.0 Å². The Hall–Kier alpha value is -5.19. The Morgan fingerprint density at radius 2 is 1.27 bits per heavy atom. The molecule has 1 aliphatic rings. The Labute approximate surface area is 313 Å². The first-order chi connectivity index (χ1) is 24.8. The van der Waals surface area contributed by atoms with E-state index >= 15 is 0 Å². The van der Waals surface area contributed by atoms with Crippen LogP contribution in [-0.2, 0) is 16.2 Å². The molecule has 0 atom stereocenters. The van der Waals surface area contributed by atoms with Crippen molar-refractivity contribution in [1.29, 1.82) is 0 Å². The van der Waals surface area contributed by atoms with Crippen LogP contribution in [0.1, 0.15) is 77.6 Å². The van der Waals surface area contributed by atoms with E-state index in [0.29, 0.717) is 0 Å². The van der Waals surface area contributed by atoms with Crippen LogP contribution in [0.4, 0.5) is 28.6 Å². The first kappa shape index (κ1) is 33.9. The third kappa shape index (κ3) is 5.99. The third-order valence-electron chi connectivity index (χ3n) is 10.7. The molecule has 0 radical (unpaired) electrons. The molecule has 5 aromatic carbocycles. The molecule has 1 aliphatic heterocycles. The second-order valence-electron chi connectivity index (χ2n) is 16.7. The molecule has 0 saturated carbocycles. The van der Waals surface area contributed by atoms with Crippen molar-refractivity contribution in [2.45, 2.75) is 71.6 Å². The van der Waals surface area contributed by atoms with Gasteiger partial charge in [-0.05, 0) is 109 Å². The lowest BCUT2D eigenvalue weighted by atomic mass is 9.73. The van der Waals surface area contributed by atoms with Gasteiger partial charge in [0.1, 0.15) is 0 Å². The molecule has 0 amide bonds. The Morgan fingerprint density at radius 1 is 0.615 bits per heavy atom. The summed E-state index contributed by atoms with van der Waals surface area (Å²) in [6.45, 7) is 18.5. The summed E-state index contributed by atoms with van der Waals surface area (Å²) in [5.74, 6) is 0.949. The van der Waals surface area contributed by atoms with Crippen LogP contribution in [0.2, 0.25) is 0 Å². The number of para-hydroxylation sites is 3. The summed E-state index contributed by atoms with van der Waals surface area (Å²) < 4.78 is 1.18. The molecule has 2 aromatic heterocycles. The normalized spacial score (nSPS) is 13.7. The second-order valence-corrected chi connectivity index (χ2v) is 17.7. The van der Waals surface area contributed by atoms with Crippen LogP contribution in [0.3, 0.4) is 0 Å². The van der Waals surface area contributed by atoms with Crippen LogP contribution in [-0.4, -0.2) is 4.98 Å². The maximum atomic E-state index is 5.02. The summed E-state index contributed by atoms with van der Waals surface area (Å²) in [7, 11) is 0. The maximum absolute atomic E-state index is 5.02. The van der Waals surface area contributed by atoms with Gasteiger partial charge in [-0.2, -0.15) is 0 Å². The molecule has 0 spiro atoms. The van der Waals surface area contributed by atoms with Gasteiger partial charge in [0.15, 0.2) is 5.82 Å². The van der Waals surface area contributed by atoms with Crippen LogP contribution < -0.4 is 10.2 Å². The summed E-state index contributed by atoms with van der Waals surface area (Å²) in [4.78, 5) is 7.36. The number of nitrogens with zero attached hydrogens (tertiary/aromatic N) is 2. The quantitative estimate of drug-likeness (QED) is 0.194. The number of fused-ring (bicyclic) bond motifs is 3. The van der Waals surface area contributed by atoms with Gasteiger partial charge in [-0.25, -0.2) is 4.98 Å². The van der Waals surface area contributed by atoms with E-state index in [0.717, 1.165) is 17.2 Å². The number of nitrogens with one attached hydrogen (secondary N) is 1. The van der Waals surface area contributed by atoms with Crippen LogP contribution >= 0.6 is 11.3 Å². The molecule has 0 aliphatic carbocycles. The SMILES string of the molecule is CC(C)(C)c1cc(-c2cc(N(c3ccccc3)c3nccc4ccsc34)cc(C(C)(C)C)c2)cc(-c2cccc3c2Nc2ccccc2C3(C)C)c1. The number of hydrogen-bond donors (Lipinski definition) is 1. The van der Waals surface area contributed by atoms with Crippen molar-refractivity contribution < 1.29 is 0 Å². The molecule has 0 saturated heterocycles. The fraction of sp³-hybridized carbons (Fsp3) is 0.229. The van der Waals surface area contributed by atoms with Crippen molar-refractivity contribution in [3.8, 4) is 22.3 Å². The van der Waals surface area contributed by atoms with Gasteiger partial charge in [0.2, 0.25) is 0 Å². The zero-order valence-corrected chi connectivity index (χ0v) is 32.3. The van der Waals surface area contributed by atoms with Crippen LogP contribution in [0.5, 0.6) is 0 Å². The fourth-order valence-electron chi connectivity index (χ4n) is 7.60. The minimum Gasteiger partial charge on any atom is -0.355 e. The number of aromatic nitrogens is 1. The Kier molecular flexibility index (Phi) is 8.15. The largest absolute Gasteiger partial charge is 0.355 e. The number of rotatable bonds is 5. The van der Waals surface area contributed by atoms with Gasteiger partial charge < -0.3 is 5.32 Å². The topological polar surface area (TPSA) is 28.2 Å². The average molecular weight is 698 g/mol. The molecule has 3 heterocycles. The molecule has 52 heavy (non-hydrogen) atoms. The molecular weight excluding hydrogens is 651 g/mol. The minimum atomic E-state index is -0.131. The Morgan fingerprint density at radius 3 is 2.02 bits per heavy atom. The summed E-state index contributed by atoms with van der Waals surface area (Å²) >= 11 is 1.74. The van der Waals surface area contributed by atoms with E-state index in [1.807, 2.05) is 6.20 Å². The highest BCUT2D eigenvalue weighted by atomic mass is 32.1. The molecular formula is C48H47N3S. The molecule has 4 heteroatoms. The predicted octanol–water partition coefficient (Wildman–Crippen LogP) is 14.1. The summed E-state index contributed by atoms with van der Waals surface area (Å²) in [6, 6.07) is 44.8. The average Bonchev–Trinajstić information content (AvgIpc) is 3.61. The zero-order chi connectivity index (χ0) is 36.4. The van der Waals surface area contributed by atoms with Crippen LogP contribution in [0.15, 0.2) is 133 Å². The van der Waals surface area contributed by atoms with Gasteiger partial charge in [0.05, 0.1) is 10.4 Å². The van der Waals surface area contributed by atoms with E-state index in [2.05, 4.69) is 192 Å². The zero-order valence-electron chi connectivity index (χ0n) is 31.5. The molecule has 1 N–H and O–H groups in total. The standard InChI is InChI=1S/C48H47N3S/c1-46(2,3)35-26-32(25-34(28-35)39-17-14-19-41-43(39)50-42-20-13-12-18-40(42)48(41,7)8)33-27-36(47(4,5)6)30-38(29-33)51(37-15-10-9-11-16-37)45-44-31(21-23-49-45)22-24-52-44/h9-30,50H,1-8H3. The monoisotopic (exact) mass is 697 g/mol. The molecule has 0 unspecified atom stereocenters. The Bertz CT molecular complexity index is 2440. The van der Waals surface area contributed by atoms with Crippen molar-refractivity contribution in [3.63, 3.8) is 0 Å². The Balaban J connectivity index is 1.36. The van der Waals surface area contributed by atoms with E-state index in [-0.39, 0.29) is 16.2 Å². The lowest BCUT2D eigenvalue weighted by Gasteiger charge is -2.37. The highest BCUT2D eigenvalue weighted by Crippen LogP contribution is 2.50. The fourth-order valence-corrected chi connectivity index (χ4v) is 8.47. The van der Waals surface area contributed by atoms with Gasteiger partial charge in [-0.1, -0.05) is 128 Å². The number of hydrogen-bond acceptors (Lipinski definition) is 4. The van der Waals surface area contributed by atoms with Gasteiger partial charge in [0.25, 0.3) is 0 Å². The van der Waals surface area contributed by atoms with Gasteiger partial charge in [-0.3, -0.25) is 4.90 Å². The van der Waals surface area contributed by atoms with E-state index in [1.54, 1.807) is 11.3 Å². The highest BCUT2D eigenvalue weighted by molar-refractivity contribution is 7.17. The lowest BCUT2D eigenvalue weighted by molar-refractivity contribution is 0.589. The molecule has 260 valence electrons. The molecule has 8 rings (SSSR count). The van der Waals surface area contributed by atoms with E-state index in [9.17, 15) is 0 Å². The maximum Gasteiger partial charge on any atom is 0.155 e. The van der Waals surface area contributed by atoms with E-state index in [1.165, 1.54) is 66.0 Å². The van der Waals surface area contributed by atoms with E-state index in [4.69, 9.17) is 4.98 Å². The van der Waals surface area contributed by atoms with Crippen molar-refractivity contribution in [1.82, 2.24) is 4.98 Å². The van der Waals surface area contributed by atoms with Crippen LogP contribution in [0, 0.1) is 0 Å². The second kappa shape index (κ2) is 12.5. The third-order valence-corrected chi connectivity index (χ3v) is 11.6. The first-order valence-corrected chi connectivity index (χ1v) is 19.2. The smallest absolute Gasteiger partial charge is 0.155 e. The molecule has 0 fully saturated rings. The lowest BCUT2D eigenvalue weighted by Crippen LogP contribution is -2.26. The van der Waals surface area contributed by atoms with Crippen molar-refractivity contribution in [2.75, 3.05) is 10.2 Å². The highest BCUT2D eigenvalue weighted by Gasteiger charge is 2.34. The molecule has 3 nitrogen and oxygen atoms in total. The van der Waals surface area contributed by atoms with E-state index < -0.39 is 0 Å². The molecule has 0 bridgehead atoms. The number of thiophene rings is 1. The van der Waals surface area contributed by atoms with Gasteiger partial charge in [-0.15, -0.1) is 11.3 Å². The van der Waals surface area contributed by atoms with Gasteiger partial charge >= 0.3 is 0 Å². The van der Waals surface area contributed by atoms with Gasteiger partial charge in [0, 0.05) is 34.2 Å². The van der Waals surface area contributed by atoms with Crippen molar-refractivity contribution in [2.24, 2.45) is 0 Å². The van der Waals surface area contributed by atoms with Crippen LogP contribution in [0.25, 0.3) is 32.3 Å². The van der Waals surface area contributed by atoms with Crippen molar-refractivity contribution in [3.05, 3.63) is 155 Å².